The standard InChI is InChI=1S/C22H23BrN2O2/c1-4-14-8-10-21(11-9-15(14)5-2)13-16-6-7-17(23)12-18(16)22(21)19(26)25(3)20(27)24-22/h4-7,12H,1-2,8-11,13H2,3H3,(H,24,27). The molecule has 1 saturated heterocycles. The first-order chi connectivity index (χ1) is 12.9. The van der Waals surface area contributed by atoms with Gasteiger partial charge in [0.25, 0.3) is 5.91 Å². The van der Waals surface area contributed by atoms with Gasteiger partial charge in [-0.1, -0.05) is 47.3 Å². The number of urea groups is 1. The fourth-order valence-corrected chi connectivity index (χ4v) is 5.59. The van der Waals surface area contributed by atoms with Crippen LogP contribution in [0, 0.1) is 5.41 Å². The highest BCUT2D eigenvalue weighted by atomic mass is 79.9. The lowest BCUT2D eigenvalue weighted by Gasteiger charge is -2.42. The number of hydrogen-bond acceptors (Lipinski definition) is 2. The van der Waals surface area contributed by atoms with E-state index in [0.717, 1.165) is 47.7 Å². The molecule has 5 heteroatoms. The highest BCUT2D eigenvalue weighted by molar-refractivity contribution is 9.10. The molecule has 27 heavy (non-hydrogen) atoms. The topological polar surface area (TPSA) is 49.4 Å². The van der Waals surface area contributed by atoms with Crippen molar-refractivity contribution >= 4 is 27.9 Å². The van der Waals surface area contributed by atoms with Gasteiger partial charge in [0.15, 0.2) is 5.54 Å². The Bertz CT molecular complexity index is 895. The van der Waals surface area contributed by atoms with Crippen molar-refractivity contribution in [2.45, 2.75) is 37.6 Å². The first-order valence-corrected chi connectivity index (χ1v) is 10.0. The molecular weight excluding hydrogens is 404 g/mol. The summed E-state index contributed by atoms with van der Waals surface area (Å²) in [5.41, 5.74) is 3.11. The summed E-state index contributed by atoms with van der Waals surface area (Å²) in [5.74, 6) is -0.147. The summed E-state index contributed by atoms with van der Waals surface area (Å²) in [7, 11) is 1.56. The van der Waals surface area contributed by atoms with E-state index in [1.165, 1.54) is 16.0 Å². The number of halogens is 1. The smallest absolute Gasteiger partial charge is 0.319 e. The van der Waals surface area contributed by atoms with Crippen molar-refractivity contribution in [2.24, 2.45) is 5.41 Å². The second kappa shape index (κ2) is 6.20. The van der Waals surface area contributed by atoms with Crippen LogP contribution in [-0.2, 0) is 16.8 Å². The van der Waals surface area contributed by atoms with Crippen LogP contribution in [0.15, 0.2) is 59.1 Å². The highest BCUT2D eigenvalue weighted by Gasteiger charge is 2.66. The van der Waals surface area contributed by atoms with Crippen molar-refractivity contribution in [1.29, 1.82) is 0 Å². The third kappa shape index (κ3) is 2.34. The van der Waals surface area contributed by atoms with Crippen LogP contribution in [0.1, 0.15) is 36.8 Å². The number of hydrogen-bond donors (Lipinski definition) is 1. The van der Waals surface area contributed by atoms with E-state index < -0.39 is 5.54 Å². The summed E-state index contributed by atoms with van der Waals surface area (Å²) in [4.78, 5) is 27.2. The van der Waals surface area contributed by atoms with Gasteiger partial charge >= 0.3 is 6.03 Å². The van der Waals surface area contributed by atoms with Gasteiger partial charge in [0.2, 0.25) is 0 Å². The number of imide groups is 1. The number of likely N-dealkylation sites (N-methyl/N-ethyl adjacent to an activating group) is 1. The van der Waals surface area contributed by atoms with E-state index in [4.69, 9.17) is 0 Å². The number of rotatable bonds is 2. The molecule has 3 aliphatic rings. The molecule has 1 fully saturated rings. The number of carbonyl (C=O) groups excluding carboxylic acids is 2. The van der Waals surface area contributed by atoms with E-state index in [9.17, 15) is 9.59 Å². The Labute approximate surface area is 168 Å². The molecular formula is C22H23BrN2O2. The van der Waals surface area contributed by atoms with Gasteiger partial charge in [0.05, 0.1) is 0 Å². The summed E-state index contributed by atoms with van der Waals surface area (Å²) in [6, 6.07) is 5.77. The summed E-state index contributed by atoms with van der Waals surface area (Å²) >= 11 is 3.54. The zero-order chi connectivity index (χ0) is 19.4. The molecule has 1 aliphatic heterocycles. The van der Waals surface area contributed by atoms with E-state index in [1.54, 1.807) is 7.05 Å². The van der Waals surface area contributed by atoms with Gasteiger partial charge in [-0.15, -0.1) is 0 Å². The largest absolute Gasteiger partial charge is 0.325 e. The van der Waals surface area contributed by atoms with Crippen molar-refractivity contribution < 1.29 is 9.59 Å². The molecule has 0 saturated carbocycles. The van der Waals surface area contributed by atoms with Gasteiger partial charge in [-0.25, -0.2) is 4.79 Å². The molecule has 1 atom stereocenters. The Morgan fingerprint density at radius 3 is 2.30 bits per heavy atom. The molecule has 1 heterocycles. The normalized spacial score (nSPS) is 26.4. The van der Waals surface area contributed by atoms with Crippen LogP contribution in [-0.4, -0.2) is 23.9 Å². The van der Waals surface area contributed by atoms with E-state index in [0.29, 0.717) is 0 Å². The number of fused-ring (bicyclic) bond motifs is 3. The predicted octanol–water partition coefficient (Wildman–Crippen LogP) is 4.61. The van der Waals surface area contributed by atoms with Crippen LogP contribution in [0.2, 0.25) is 0 Å². The minimum absolute atomic E-state index is 0.147. The number of nitrogens with one attached hydrogen (secondary N) is 1. The molecule has 0 radical (unpaired) electrons. The Morgan fingerprint density at radius 1 is 1.15 bits per heavy atom. The zero-order valence-electron chi connectivity index (χ0n) is 15.5. The molecule has 2 spiro atoms. The molecule has 3 amide bonds. The maximum absolute atomic E-state index is 13.5. The van der Waals surface area contributed by atoms with Gasteiger partial charge in [0.1, 0.15) is 0 Å². The maximum atomic E-state index is 13.5. The van der Waals surface area contributed by atoms with Gasteiger partial charge in [-0.05, 0) is 66.5 Å². The molecule has 2 aliphatic carbocycles. The number of amides is 3. The van der Waals surface area contributed by atoms with E-state index in [1.807, 2.05) is 24.3 Å². The van der Waals surface area contributed by atoms with Gasteiger partial charge in [-0.2, -0.15) is 0 Å². The van der Waals surface area contributed by atoms with Crippen molar-refractivity contribution in [3.63, 3.8) is 0 Å². The SMILES string of the molecule is C=CC1=C(C=C)CCC2(CC1)Cc1ccc(Br)cc1C21NC(=O)N(C)C1=O. The Hall–Kier alpha value is -2.14. The molecule has 1 unspecified atom stereocenters. The molecule has 1 aromatic rings. The fourth-order valence-electron chi connectivity index (χ4n) is 5.23. The quantitative estimate of drug-likeness (QED) is 0.701. The highest BCUT2D eigenvalue weighted by Crippen LogP contribution is 2.59. The van der Waals surface area contributed by atoms with Gasteiger partial charge in [0, 0.05) is 16.9 Å². The molecule has 140 valence electrons. The lowest BCUT2D eigenvalue weighted by molar-refractivity contribution is -0.135. The molecule has 1 N–H and O–H groups in total. The predicted molar refractivity (Wildman–Crippen MR) is 109 cm³/mol. The monoisotopic (exact) mass is 426 g/mol. The average molecular weight is 427 g/mol. The van der Waals surface area contributed by atoms with Crippen LogP contribution < -0.4 is 5.32 Å². The fraction of sp³-hybridized carbons (Fsp3) is 0.364. The lowest BCUT2D eigenvalue weighted by Crippen LogP contribution is -2.55. The lowest BCUT2D eigenvalue weighted by atomic mass is 9.64. The average Bonchev–Trinajstić information content (AvgIpc) is 2.95. The van der Waals surface area contributed by atoms with Crippen molar-refractivity contribution in [1.82, 2.24) is 10.2 Å². The van der Waals surface area contributed by atoms with E-state index in [2.05, 4.69) is 40.5 Å². The Balaban J connectivity index is 1.89. The Kier molecular flexibility index (Phi) is 4.18. The number of allylic oxidation sites excluding steroid dienone is 4. The van der Waals surface area contributed by atoms with E-state index in [-0.39, 0.29) is 17.4 Å². The van der Waals surface area contributed by atoms with Crippen LogP contribution in [0.5, 0.6) is 0 Å². The van der Waals surface area contributed by atoms with Crippen molar-refractivity contribution in [3.05, 3.63) is 70.3 Å². The summed E-state index contributed by atoms with van der Waals surface area (Å²) in [5, 5.41) is 3.11. The molecule has 0 bridgehead atoms. The molecule has 4 nitrogen and oxygen atoms in total. The van der Waals surface area contributed by atoms with Crippen LogP contribution in [0.25, 0.3) is 0 Å². The second-order valence-corrected chi connectivity index (χ2v) is 8.68. The molecule has 4 rings (SSSR count). The second-order valence-electron chi connectivity index (χ2n) is 7.76. The van der Waals surface area contributed by atoms with Crippen LogP contribution >= 0.6 is 15.9 Å². The van der Waals surface area contributed by atoms with E-state index >= 15 is 0 Å². The minimum atomic E-state index is -0.999. The number of nitrogens with zero attached hydrogens (tertiary/aromatic N) is 1. The van der Waals surface area contributed by atoms with Gasteiger partial charge in [-0.3, -0.25) is 9.69 Å². The van der Waals surface area contributed by atoms with Crippen molar-refractivity contribution in [2.75, 3.05) is 7.05 Å². The first-order valence-electron chi connectivity index (χ1n) is 9.24. The molecule has 0 aromatic heterocycles. The maximum Gasteiger partial charge on any atom is 0.325 e. The Morgan fingerprint density at radius 2 is 1.78 bits per heavy atom. The number of carbonyl (C=O) groups is 2. The third-order valence-corrected chi connectivity index (χ3v) is 7.17. The van der Waals surface area contributed by atoms with Crippen LogP contribution in [0.3, 0.4) is 0 Å². The third-order valence-electron chi connectivity index (χ3n) is 6.68. The summed E-state index contributed by atoms with van der Waals surface area (Å²) in [6.07, 6.45) is 7.88. The summed E-state index contributed by atoms with van der Waals surface area (Å²) < 4.78 is 0.916. The first kappa shape index (κ1) is 18.2. The minimum Gasteiger partial charge on any atom is -0.319 e. The van der Waals surface area contributed by atoms with Crippen LogP contribution in [0.4, 0.5) is 4.79 Å². The number of benzene rings is 1. The van der Waals surface area contributed by atoms with Crippen molar-refractivity contribution in [3.8, 4) is 0 Å². The van der Waals surface area contributed by atoms with Gasteiger partial charge < -0.3 is 5.32 Å². The summed E-state index contributed by atoms with van der Waals surface area (Å²) in [6.45, 7) is 7.92. The molecule has 1 aromatic carbocycles. The zero-order valence-corrected chi connectivity index (χ0v) is 17.1.